The zero-order valence-corrected chi connectivity index (χ0v) is 17.6. The molecule has 0 aliphatic carbocycles. The fourth-order valence-corrected chi connectivity index (χ4v) is 2.04. The zero-order valence-electron chi connectivity index (χ0n) is 17.6. The van der Waals surface area contributed by atoms with Gasteiger partial charge < -0.3 is 0 Å². The highest BCUT2D eigenvalue weighted by Gasteiger charge is 2.01. The summed E-state index contributed by atoms with van der Waals surface area (Å²) in [5.74, 6) is 0. The minimum atomic E-state index is 0.872. The predicted molar refractivity (Wildman–Crippen MR) is 119 cm³/mol. The zero-order chi connectivity index (χ0) is 19.7. The molecule has 0 saturated carbocycles. The van der Waals surface area contributed by atoms with Crippen LogP contribution in [0.2, 0.25) is 0 Å². The Morgan fingerprint density at radius 3 is 2.08 bits per heavy atom. The number of hydrogen-bond acceptors (Lipinski definition) is 1. The van der Waals surface area contributed by atoms with E-state index in [1.54, 1.807) is 7.05 Å². The van der Waals surface area contributed by atoms with Gasteiger partial charge in [-0.1, -0.05) is 94.0 Å². The number of allylic oxidation sites excluding steroid dienone is 7. The molecule has 1 rings (SSSR count). The minimum absolute atomic E-state index is 0.872. The number of nitrogens with zero attached hydrogens (tertiary/aromatic N) is 1. The first-order valence-electron chi connectivity index (χ1n) is 9.26. The summed E-state index contributed by atoms with van der Waals surface area (Å²) in [7, 11) is 1.81. The normalized spacial score (nSPS) is 12.1. The Kier molecular flexibility index (Phi) is 16.8. The fourth-order valence-electron chi connectivity index (χ4n) is 2.04. The molecule has 25 heavy (non-hydrogen) atoms. The largest absolute Gasteiger partial charge is 0.296 e. The van der Waals surface area contributed by atoms with E-state index in [2.05, 4.69) is 74.8 Å². The van der Waals surface area contributed by atoms with Gasteiger partial charge in [-0.2, -0.15) is 0 Å². The van der Waals surface area contributed by atoms with E-state index in [4.69, 9.17) is 0 Å². The van der Waals surface area contributed by atoms with Gasteiger partial charge in [0.15, 0.2) is 0 Å². The summed E-state index contributed by atoms with van der Waals surface area (Å²) >= 11 is 0. The molecule has 0 radical (unpaired) electrons. The molecule has 0 fully saturated rings. The Balaban J connectivity index is 0. The van der Waals surface area contributed by atoms with Crippen LogP contribution in [0.25, 0.3) is 5.57 Å². The summed E-state index contributed by atoms with van der Waals surface area (Å²) in [6.07, 6.45) is 11.1. The van der Waals surface area contributed by atoms with E-state index < -0.39 is 0 Å². The Bertz CT molecular complexity index is 581. The van der Waals surface area contributed by atoms with Gasteiger partial charge >= 0.3 is 0 Å². The quantitative estimate of drug-likeness (QED) is 0.374. The second kappa shape index (κ2) is 16.7. The summed E-state index contributed by atoms with van der Waals surface area (Å²) < 4.78 is 0. The highest BCUT2D eigenvalue weighted by molar-refractivity contribution is 6.09. The Labute approximate surface area is 156 Å². The van der Waals surface area contributed by atoms with Gasteiger partial charge in [0.1, 0.15) is 0 Å². The van der Waals surface area contributed by atoms with Gasteiger partial charge in [0, 0.05) is 13.3 Å². The monoisotopic (exact) mass is 339 g/mol. The third-order valence-electron chi connectivity index (χ3n) is 3.45. The first-order valence-corrected chi connectivity index (χ1v) is 9.26. The lowest BCUT2D eigenvalue weighted by Gasteiger charge is -2.07. The molecule has 0 heterocycles. The lowest BCUT2D eigenvalue weighted by Crippen LogP contribution is -1.90. The maximum absolute atomic E-state index is 4.18. The van der Waals surface area contributed by atoms with Gasteiger partial charge in [0.2, 0.25) is 0 Å². The average Bonchev–Trinajstić information content (AvgIpc) is 2.67. The van der Waals surface area contributed by atoms with Crippen LogP contribution >= 0.6 is 0 Å². The third-order valence-corrected chi connectivity index (χ3v) is 3.45. The van der Waals surface area contributed by atoms with E-state index in [1.807, 2.05) is 40.0 Å². The van der Waals surface area contributed by atoms with Gasteiger partial charge in [-0.25, -0.2) is 0 Å². The maximum atomic E-state index is 4.18. The van der Waals surface area contributed by atoms with Crippen molar-refractivity contribution in [2.75, 3.05) is 7.05 Å². The van der Waals surface area contributed by atoms with Crippen LogP contribution in [-0.2, 0) is 0 Å². The van der Waals surface area contributed by atoms with Crippen molar-refractivity contribution < 1.29 is 0 Å². The number of aliphatic imine (C=N–C) groups is 1. The van der Waals surface area contributed by atoms with Crippen LogP contribution in [0.1, 0.15) is 59.1 Å². The summed E-state index contributed by atoms with van der Waals surface area (Å²) in [5, 5.41) is 0. The van der Waals surface area contributed by atoms with Crippen molar-refractivity contribution in [1.29, 1.82) is 0 Å². The molecule has 0 bridgehead atoms. The standard InChI is InChI=1S/C20H25N.2C2H6/c1-6-8-18(17(4)7-2)13-14-20(15-21-5)19-11-9-16(3)10-12-19;2*1-2/h6-12,14-15H,1,13H2,2-5H3;2*1-2H3/b17-7-,18-8-,20-14+,21-15?;;. The fraction of sp³-hybridized carbons (Fsp3) is 0.375. The third kappa shape index (κ3) is 10.3. The van der Waals surface area contributed by atoms with Crippen LogP contribution in [0, 0.1) is 6.92 Å². The first-order chi connectivity index (χ1) is 12.1. The van der Waals surface area contributed by atoms with Crippen LogP contribution in [0.15, 0.2) is 71.3 Å². The number of rotatable bonds is 6. The molecule has 0 N–H and O–H groups in total. The Hall–Kier alpha value is -2.15. The summed E-state index contributed by atoms with van der Waals surface area (Å²) in [6.45, 7) is 18.1. The van der Waals surface area contributed by atoms with E-state index >= 15 is 0 Å². The van der Waals surface area contributed by atoms with Gasteiger partial charge in [0.25, 0.3) is 0 Å². The Morgan fingerprint density at radius 2 is 1.64 bits per heavy atom. The van der Waals surface area contributed by atoms with E-state index in [1.165, 1.54) is 22.3 Å². The van der Waals surface area contributed by atoms with E-state index in [-0.39, 0.29) is 0 Å². The van der Waals surface area contributed by atoms with E-state index in [0.29, 0.717) is 0 Å². The molecule has 1 heteroatoms. The molecule has 138 valence electrons. The smallest absolute Gasteiger partial charge is 0.0284 e. The molecule has 0 aliphatic rings. The van der Waals surface area contributed by atoms with Crippen molar-refractivity contribution in [2.24, 2.45) is 4.99 Å². The molecular weight excluding hydrogens is 302 g/mol. The SMILES string of the molecule is C=C/C=C(C/C=C(\C=NC)c1ccc(C)cc1)\C(C)=C/C.CC.CC. The molecule has 0 aromatic heterocycles. The average molecular weight is 340 g/mol. The topological polar surface area (TPSA) is 12.4 Å². The lowest BCUT2D eigenvalue weighted by atomic mass is 9.99. The predicted octanol–water partition coefficient (Wildman–Crippen LogP) is 7.60. The summed E-state index contributed by atoms with van der Waals surface area (Å²) in [5.41, 5.74) is 6.17. The van der Waals surface area contributed by atoms with Crippen molar-refractivity contribution in [3.8, 4) is 0 Å². The lowest BCUT2D eigenvalue weighted by molar-refractivity contribution is 1.20. The minimum Gasteiger partial charge on any atom is -0.296 e. The van der Waals surface area contributed by atoms with Crippen molar-refractivity contribution in [3.63, 3.8) is 0 Å². The van der Waals surface area contributed by atoms with Crippen LogP contribution in [0.3, 0.4) is 0 Å². The summed E-state index contributed by atoms with van der Waals surface area (Å²) in [4.78, 5) is 4.18. The first kappa shape index (κ1) is 25.1. The highest BCUT2D eigenvalue weighted by Crippen LogP contribution is 2.19. The molecule has 0 unspecified atom stereocenters. The van der Waals surface area contributed by atoms with Crippen LogP contribution in [0.4, 0.5) is 0 Å². The van der Waals surface area contributed by atoms with E-state index in [9.17, 15) is 0 Å². The van der Waals surface area contributed by atoms with E-state index in [0.717, 1.165) is 12.0 Å². The maximum Gasteiger partial charge on any atom is 0.0284 e. The van der Waals surface area contributed by atoms with Crippen molar-refractivity contribution >= 4 is 11.8 Å². The molecule has 0 atom stereocenters. The number of benzene rings is 1. The van der Waals surface area contributed by atoms with Gasteiger partial charge in [0.05, 0.1) is 0 Å². The van der Waals surface area contributed by atoms with Crippen LogP contribution < -0.4 is 0 Å². The second-order valence-corrected chi connectivity index (χ2v) is 5.02. The number of hydrogen-bond donors (Lipinski definition) is 0. The Morgan fingerprint density at radius 1 is 1.08 bits per heavy atom. The number of aryl methyl sites for hydroxylation is 1. The van der Waals surface area contributed by atoms with Crippen LogP contribution in [-0.4, -0.2) is 13.3 Å². The van der Waals surface area contributed by atoms with Crippen molar-refractivity contribution in [2.45, 2.75) is 54.9 Å². The molecule has 1 nitrogen and oxygen atoms in total. The molecule has 0 saturated heterocycles. The molecule has 0 spiro atoms. The highest BCUT2D eigenvalue weighted by atomic mass is 14.6. The van der Waals surface area contributed by atoms with Crippen LogP contribution in [0.5, 0.6) is 0 Å². The molecule has 0 amide bonds. The molecule has 1 aromatic rings. The molecule has 1 aromatic carbocycles. The molecule has 0 aliphatic heterocycles. The van der Waals surface area contributed by atoms with Gasteiger partial charge in [-0.05, 0) is 43.9 Å². The second-order valence-electron chi connectivity index (χ2n) is 5.02. The van der Waals surface area contributed by atoms with Crippen molar-refractivity contribution in [3.05, 3.63) is 77.4 Å². The van der Waals surface area contributed by atoms with Gasteiger partial charge in [-0.15, -0.1) is 0 Å². The van der Waals surface area contributed by atoms with Gasteiger partial charge in [-0.3, -0.25) is 4.99 Å². The summed E-state index contributed by atoms with van der Waals surface area (Å²) in [6, 6.07) is 8.54. The molecular formula is C24H37N. The van der Waals surface area contributed by atoms with Crippen molar-refractivity contribution in [1.82, 2.24) is 0 Å².